The molecule has 0 saturated carbocycles. The van der Waals surface area contributed by atoms with E-state index in [1.807, 2.05) is 0 Å². The monoisotopic (exact) mass is 312 g/mol. The van der Waals surface area contributed by atoms with Crippen LogP contribution in [0, 0.1) is 11.9 Å². The Bertz CT molecular complexity index is 143. The SMILES string of the molecule is Fc1cc[c-]cc1.[Ba+2].[Br-]. The van der Waals surface area contributed by atoms with Gasteiger partial charge in [0.05, 0.1) is 0 Å². The molecule has 44 valence electrons. The minimum Gasteiger partial charge on any atom is -1.00 e. The molecule has 0 spiro atoms. The van der Waals surface area contributed by atoms with Gasteiger partial charge in [-0.1, -0.05) is 0 Å². The summed E-state index contributed by atoms with van der Waals surface area (Å²) >= 11 is 0. The third kappa shape index (κ3) is 5.64. The Morgan fingerprint density at radius 3 is 1.89 bits per heavy atom. The normalized spacial score (nSPS) is 6.78. The van der Waals surface area contributed by atoms with Crippen molar-refractivity contribution in [3.63, 3.8) is 0 Å². The topological polar surface area (TPSA) is 0 Å². The first-order valence-corrected chi connectivity index (χ1v) is 2.01. The van der Waals surface area contributed by atoms with Crippen LogP contribution in [-0.2, 0) is 0 Å². The van der Waals surface area contributed by atoms with E-state index in [0.717, 1.165) is 0 Å². The second-order valence-corrected chi connectivity index (χ2v) is 1.22. The standard InChI is InChI=1S/C6H4F.Ba.BrH/c7-6-4-2-1-3-5-6;;/h2-5H;;1H/q-1;+2;/p-1. The molecule has 0 atom stereocenters. The summed E-state index contributed by atoms with van der Waals surface area (Å²) in [6.45, 7) is 0. The number of halogens is 2. The average molecular weight is 312 g/mol. The summed E-state index contributed by atoms with van der Waals surface area (Å²) in [5.41, 5.74) is 0. The second kappa shape index (κ2) is 7.31. The molecule has 0 aromatic heterocycles. The van der Waals surface area contributed by atoms with Crippen LogP contribution in [0.15, 0.2) is 24.3 Å². The molecule has 0 N–H and O–H groups in total. The van der Waals surface area contributed by atoms with Crippen molar-refractivity contribution in [2.75, 3.05) is 0 Å². The van der Waals surface area contributed by atoms with Crippen molar-refractivity contribution in [1.82, 2.24) is 0 Å². The molecule has 0 unspecified atom stereocenters. The van der Waals surface area contributed by atoms with Gasteiger partial charge in [0.1, 0.15) is 0 Å². The van der Waals surface area contributed by atoms with Gasteiger partial charge in [-0.3, -0.25) is 0 Å². The maximum absolute atomic E-state index is 11.9. The second-order valence-electron chi connectivity index (χ2n) is 1.22. The molecule has 0 aliphatic heterocycles. The van der Waals surface area contributed by atoms with E-state index < -0.39 is 0 Å². The summed E-state index contributed by atoms with van der Waals surface area (Å²) in [6, 6.07) is 8.49. The Labute approximate surface area is 105 Å². The van der Waals surface area contributed by atoms with E-state index in [9.17, 15) is 4.39 Å². The molecule has 0 saturated heterocycles. The minimum absolute atomic E-state index is 0. The molecular formula is C6H4BaBrF. The minimum atomic E-state index is -0.209. The van der Waals surface area contributed by atoms with E-state index in [2.05, 4.69) is 6.07 Å². The molecule has 0 radical (unpaired) electrons. The number of benzene rings is 1. The van der Waals surface area contributed by atoms with E-state index in [4.69, 9.17) is 0 Å². The van der Waals surface area contributed by atoms with Gasteiger partial charge in [0, 0.05) is 5.82 Å². The largest absolute Gasteiger partial charge is 2.00 e. The number of hydrogen-bond donors (Lipinski definition) is 0. The molecule has 0 fully saturated rings. The van der Waals surface area contributed by atoms with E-state index in [1.165, 1.54) is 24.3 Å². The molecule has 1 rings (SSSR count). The van der Waals surface area contributed by atoms with Gasteiger partial charge in [0.2, 0.25) is 0 Å². The maximum Gasteiger partial charge on any atom is 2.00 e. The van der Waals surface area contributed by atoms with E-state index >= 15 is 0 Å². The maximum atomic E-state index is 11.9. The van der Waals surface area contributed by atoms with Gasteiger partial charge in [-0.05, 0) is 0 Å². The van der Waals surface area contributed by atoms with Crippen molar-refractivity contribution in [2.24, 2.45) is 0 Å². The smallest absolute Gasteiger partial charge is 1.00 e. The van der Waals surface area contributed by atoms with Gasteiger partial charge >= 0.3 is 48.9 Å². The van der Waals surface area contributed by atoms with Crippen molar-refractivity contribution >= 4 is 48.9 Å². The summed E-state index contributed by atoms with van der Waals surface area (Å²) < 4.78 is 11.9. The van der Waals surface area contributed by atoms with Crippen molar-refractivity contribution in [3.8, 4) is 0 Å². The molecule has 3 heteroatoms. The zero-order valence-corrected chi connectivity index (χ0v) is 10.8. The van der Waals surface area contributed by atoms with E-state index in [0.29, 0.717) is 0 Å². The van der Waals surface area contributed by atoms with Crippen molar-refractivity contribution in [3.05, 3.63) is 36.1 Å². The molecule has 0 aliphatic rings. The third-order valence-electron chi connectivity index (χ3n) is 0.678. The predicted octanol–water partition coefficient (Wildman–Crippen LogP) is -1.75. The molecule has 9 heavy (non-hydrogen) atoms. The van der Waals surface area contributed by atoms with Gasteiger partial charge < -0.3 is 17.0 Å². The predicted molar refractivity (Wildman–Crippen MR) is 31.0 cm³/mol. The quantitative estimate of drug-likeness (QED) is 0.394. The van der Waals surface area contributed by atoms with Crippen molar-refractivity contribution in [2.45, 2.75) is 0 Å². The Hall–Kier alpha value is 1.20. The zero-order valence-electron chi connectivity index (χ0n) is 4.77. The average Bonchev–Trinajstić information content (AvgIpc) is 1.69. The third-order valence-corrected chi connectivity index (χ3v) is 0.678. The Morgan fingerprint density at radius 2 is 1.67 bits per heavy atom. The van der Waals surface area contributed by atoms with Crippen LogP contribution in [0.25, 0.3) is 0 Å². The molecule has 0 bridgehead atoms. The van der Waals surface area contributed by atoms with Crippen LogP contribution in [0.3, 0.4) is 0 Å². The van der Waals surface area contributed by atoms with Gasteiger partial charge in [0.15, 0.2) is 0 Å². The van der Waals surface area contributed by atoms with Crippen LogP contribution >= 0.6 is 0 Å². The van der Waals surface area contributed by atoms with Crippen molar-refractivity contribution in [1.29, 1.82) is 0 Å². The van der Waals surface area contributed by atoms with Crippen molar-refractivity contribution < 1.29 is 21.4 Å². The van der Waals surface area contributed by atoms with Crippen LogP contribution < -0.4 is 17.0 Å². The molecule has 0 amide bonds. The van der Waals surface area contributed by atoms with Gasteiger partial charge in [-0.15, -0.1) is 12.1 Å². The van der Waals surface area contributed by atoms with Crippen LogP contribution in [0.5, 0.6) is 0 Å². The summed E-state index contributed by atoms with van der Waals surface area (Å²) in [6.07, 6.45) is 0. The number of hydrogen-bond acceptors (Lipinski definition) is 0. The first-order valence-electron chi connectivity index (χ1n) is 2.01. The molecular weight excluding hydrogens is 308 g/mol. The van der Waals surface area contributed by atoms with Crippen LogP contribution in [-0.4, -0.2) is 48.9 Å². The first kappa shape index (κ1) is 12.8. The number of rotatable bonds is 0. The Morgan fingerprint density at radius 1 is 1.22 bits per heavy atom. The fourth-order valence-corrected chi connectivity index (χ4v) is 0.367. The Kier molecular flexibility index (Phi) is 10.4. The van der Waals surface area contributed by atoms with Crippen LogP contribution in [0.1, 0.15) is 0 Å². The van der Waals surface area contributed by atoms with Gasteiger partial charge in [0.25, 0.3) is 0 Å². The fraction of sp³-hybridized carbons (Fsp3) is 0. The van der Waals surface area contributed by atoms with Gasteiger partial charge in [-0.25, -0.2) is 4.39 Å². The summed E-state index contributed by atoms with van der Waals surface area (Å²) in [4.78, 5) is 0. The molecule has 0 aliphatic carbocycles. The molecule has 0 heterocycles. The van der Waals surface area contributed by atoms with E-state index in [-0.39, 0.29) is 71.7 Å². The fourth-order valence-electron chi connectivity index (χ4n) is 0.367. The van der Waals surface area contributed by atoms with E-state index in [1.54, 1.807) is 0 Å². The summed E-state index contributed by atoms with van der Waals surface area (Å²) in [5, 5.41) is 0. The summed E-state index contributed by atoms with van der Waals surface area (Å²) in [5.74, 6) is -0.209. The summed E-state index contributed by atoms with van der Waals surface area (Å²) in [7, 11) is 0. The van der Waals surface area contributed by atoms with Crippen LogP contribution in [0.4, 0.5) is 4.39 Å². The molecule has 0 nitrogen and oxygen atoms in total. The van der Waals surface area contributed by atoms with Gasteiger partial charge in [-0.2, -0.15) is 18.2 Å². The molecule has 1 aromatic rings. The molecule has 1 aromatic carbocycles. The Balaban J connectivity index is 0. The zero-order chi connectivity index (χ0) is 5.11. The van der Waals surface area contributed by atoms with Crippen LogP contribution in [0.2, 0.25) is 0 Å². The first-order chi connectivity index (χ1) is 3.39.